The van der Waals surface area contributed by atoms with Crippen molar-refractivity contribution in [2.24, 2.45) is 0 Å². The number of rotatable bonds is 7. The molecule has 1 aliphatic carbocycles. The molecule has 31 heavy (non-hydrogen) atoms. The third kappa shape index (κ3) is 4.07. The van der Waals surface area contributed by atoms with E-state index in [0.29, 0.717) is 19.2 Å². The molecule has 1 amide bonds. The summed E-state index contributed by atoms with van der Waals surface area (Å²) in [7, 11) is 0. The first-order valence-electron chi connectivity index (χ1n) is 11.1. The number of carbonyl (C=O) groups excluding carboxylic acids is 1. The Bertz CT molecular complexity index is 1080. The minimum absolute atomic E-state index is 0.156. The predicted molar refractivity (Wildman–Crippen MR) is 126 cm³/mol. The summed E-state index contributed by atoms with van der Waals surface area (Å²) in [5, 5.41) is 1.05. The van der Waals surface area contributed by atoms with E-state index in [9.17, 15) is 4.79 Å². The first-order chi connectivity index (χ1) is 14.9. The summed E-state index contributed by atoms with van der Waals surface area (Å²) in [5.74, 6) is 0.860. The second kappa shape index (κ2) is 8.53. The summed E-state index contributed by atoms with van der Waals surface area (Å²) in [6, 6.07) is 14.6. The van der Waals surface area contributed by atoms with E-state index in [1.54, 1.807) is 4.90 Å². The third-order valence-electron chi connectivity index (χ3n) is 5.56. The molecule has 4 rings (SSSR count). The Balaban J connectivity index is 1.74. The zero-order valence-electron chi connectivity index (χ0n) is 18.7. The van der Waals surface area contributed by atoms with Gasteiger partial charge in [-0.3, -0.25) is 4.90 Å². The largest absolute Gasteiger partial charge is 0.494 e. The SMILES string of the molecule is CCOc1ccc2c(N)c(-c3ccc(N(CC)C(=O)OC(C)C)cc3)n(C3CC3)c2c1. The van der Waals surface area contributed by atoms with Crippen molar-refractivity contribution >= 4 is 28.4 Å². The van der Waals surface area contributed by atoms with Gasteiger partial charge in [-0.1, -0.05) is 12.1 Å². The molecular weight excluding hydrogens is 390 g/mol. The summed E-state index contributed by atoms with van der Waals surface area (Å²) < 4.78 is 13.5. The Hall–Kier alpha value is -3.15. The molecule has 3 aromatic rings. The number of anilines is 2. The van der Waals surface area contributed by atoms with Crippen LogP contribution in [0.4, 0.5) is 16.2 Å². The Morgan fingerprint density at radius 1 is 1.16 bits per heavy atom. The van der Waals surface area contributed by atoms with Gasteiger partial charge in [-0.05, 0) is 64.8 Å². The number of nitrogen functional groups attached to an aromatic ring is 1. The average Bonchev–Trinajstić information content (AvgIpc) is 3.53. The van der Waals surface area contributed by atoms with Crippen LogP contribution in [-0.2, 0) is 4.74 Å². The highest BCUT2D eigenvalue weighted by atomic mass is 16.6. The van der Waals surface area contributed by atoms with Crippen LogP contribution in [0.3, 0.4) is 0 Å². The Morgan fingerprint density at radius 3 is 2.45 bits per heavy atom. The molecule has 0 aliphatic heterocycles. The molecule has 0 saturated heterocycles. The molecular formula is C25H31N3O3. The number of nitrogens with two attached hydrogens (primary N) is 1. The van der Waals surface area contributed by atoms with Crippen molar-refractivity contribution in [2.75, 3.05) is 23.8 Å². The number of hydrogen-bond acceptors (Lipinski definition) is 4. The van der Waals surface area contributed by atoms with E-state index in [1.165, 1.54) is 0 Å². The highest BCUT2D eigenvalue weighted by Gasteiger charge is 2.30. The summed E-state index contributed by atoms with van der Waals surface area (Å²) in [6.07, 6.45) is 1.81. The van der Waals surface area contributed by atoms with E-state index in [2.05, 4.69) is 10.6 Å². The Kier molecular flexibility index (Phi) is 5.81. The fourth-order valence-corrected chi connectivity index (χ4v) is 4.06. The maximum Gasteiger partial charge on any atom is 0.414 e. The number of hydrogen-bond donors (Lipinski definition) is 1. The molecule has 1 fully saturated rings. The molecule has 0 bridgehead atoms. The van der Waals surface area contributed by atoms with Crippen LogP contribution in [0.2, 0.25) is 0 Å². The third-order valence-corrected chi connectivity index (χ3v) is 5.56. The summed E-state index contributed by atoms with van der Waals surface area (Å²) in [5.41, 5.74) is 11.4. The first-order valence-corrected chi connectivity index (χ1v) is 11.1. The van der Waals surface area contributed by atoms with E-state index >= 15 is 0 Å². The second-order valence-corrected chi connectivity index (χ2v) is 8.20. The van der Waals surface area contributed by atoms with Crippen molar-refractivity contribution in [3.05, 3.63) is 42.5 Å². The molecule has 0 spiro atoms. The quantitative estimate of drug-likeness (QED) is 0.508. The van der Waals surface area contributed by atoms with E-state index in [0.717, 1.165) is 52.1 Å². The predicted octanol–water partition coefficient (Wildman–Crippen LogP) is 6.00. The summed E-state index contributed by atoms with van der Waals surface area (Å²) >= 11 is 0. The van der Waals surface area contributed by atoms with Gasteiger partial charge in [0.15, 0.2) is 0 Å². The van der Waals surface area contributed by atoms with Gasteiger partial charge in [0.25, 0.3) is 0 Å². The van der Waals surface area contributed by atoms with Crippen LogP contribution in [0, 0.1) is 0 Å². The Morgan fingerprint density at radius 2 is 1.87 bits per heavy atom. The fraction of sp³-hybridized carbons (Fsp3) is 0.400. The van der Waals surface area contributed by atoms with Crippen molar-refractivity contribution in [3.8, 4) is 17.0 Å². The fourth-order valence-electron chi connectivity index (χ4n) is 4.06. The monoisotopic (exact) mass is 421 g/mol. The smallest absolute Gasteiger partial charge is 0.414 e. The number of ether oxygens (including phenoxy) is 2. The van der Waals surface area contributed by atoms with Gasteiger partial charge in [0.05, 0.1) is 29.6 Å². The molecule has 1 aliphatic rings. The number of amides is 1. The number of fused-ring (bicyclic) bond motifs is 1. The summed E-state index contributed by atoms with van der Waals surface area (Å²) in [4.78, 5) is 14.1. The van der Waals surface area contributed by atoms with Crippen molar-refractivity contribution in [1.82, 2.24) is 4.57 Å². The van der Waals surface area contributed by atoms with Gasteiger partial charge in [0.2, 0.25) is 0 Å². The van der Waals surface area contributed by atoms with Crippen LogP contribution in [-0.4, -0.2) is 29.9 Å². The standard InChI is InChI=1S/C25H31N3O3/c1-5-27(25(29)31-16(3)4)18-9-7-17(8-10-18)24-23(26)21-14-13-20(30-6-2)15-22(21)28(24)19-11-12-19/h7-10,13-16,19H,5-6,11-12,26H2,1-4H3. The molecule has 6 heteroatoms. The lowest BCUT2D eigenvalue weighted by Gasteiger charge is -2.22. The van der Waals surface area contributed by atoms with Crippen molar-refractivity contribution in [2.45, 2.75) is 52.7 Å². The van der Waals surface area contributed by atoms with Gasteiger partial charge in [0, 0.05) is 35.3 Å². The molecule has 1 saturated carbocycles. The van der Waals surface area contributed by atoms with Gasteiger partial charge in [-0.2, -0.15) is 0 Å². The molecule has 1 aromatic heterocycles. The van der Waals surface area contributed by atoms with Gasteiger partial charge >= 0.3 is 6.09 Å². The van der Waals surface area contributed by atoms with Crippen LogP contribution in [0.1, 0.15) is 46.6 Å². The van der Waals surface area contributed by atoms with Crippen molar-refractivity contribution in [1.29, 1.82) is 0 Å². The van der Waals surface area contributed by atoms with Gasteiger partial charge in [0.1, 0.15) is 5.75 Å². The minimum Gasteiger partial charge on any atom is -0.494 e. The highest BCUT2D eigenvalue weighted by Crippen LogP contribution is 2.46. The molecule has 0 atom stereocenters. The van der Waals surface area contributed by atoms with Gasteiger partial charge < -0.3 is 19.8 Å². The van der Waals surface area contributed by atoms with Crippen LogP contribution in [0.5, 0.6) is 5.75 Å². The normalized spacial score (nSPS) is 13.6. The van der Waals surface area contributed by atoms with Crippen molar-refractivity contribution in [3.63, 3.8) is 0 Å². The van der Waals surface area contributed by atoms with Crippen LogP contribution in [0.25, 0.3) is 22.2 Å². The molecule has 6 nitrogen and oxygen atoms in total. The van der Waals surface area contributed by atoms with E-state index in [-0.39, 0.29) is 12.2 Å². The van der Waals surface area contributed by atoms with Crippen LogP contribution < -0.4 is 15.4 Å². The van der Waals surface area contributed by atoms with E-state index < -0.39 is 0 Å². The number of benzene rings is 2. The molecule has 2 N–H and O–H groups in total. The molecule has 1 heterocycles. The van der Waals surface area contributed by atoms with Gasteiger partial charge in [-0.15, -0.1) is 0 Å². The first kappa shape index (κ1) is 21.1. The Labute approximate surface area is 183 Å². The number of carbonyl (C=O) groups is 1. The van der Waals surface area contributed by atoms with Crippen LogP contribution >= 0.6 is 0 Å². The maximum atomic E-state index is 12.4. The molecule has 164 valence electrons. The van der Waals surface area contributed by atoms with Crippen LogP contribution in [0.15, 0.2) is 42.5 Å². The minimum atomic E-state index is -0.333. The number of nitrogens with zero attached hydrogens (tertiary/aromatic N) is 2. The zero-order chi connectivity index (χ0) is 22.1. The van der Waals surface area contributed by atoms with E-state index in [4.69, 9.17) is 15.2 Å². The molecule has 0 unspecified atom stereocenters. The second-order valence-electron chi connectivity index (χ2n) is 8.20. The lowest BCUT2D eigenvalue weighted by atomic mass is 10.1. The summed E-state index contributed by atoms with van der Waals surface area (Å²) in [6.45, 7) is 8.80. The lowest BCUT2D eigenvalue weighted by molar-refractivity contribution is 0.123. The molecule has 0 radical (unpaired) electrons. The van der Waals surface area contributed by atoms with Crippen molar-refractivity contribution < 1.29 is 14.3 Å². The zero-order valence-corrected chi connectivity index (χ0v) is 18.7. The topological polar surface area (TPSA) is 69.7 Å². The maximum absolute atomic E-state index is 12.4. The lowest BCUT2D eigenvalue weighted by Crippen LogP contribution is -2.32. The van der Waals surface area contributed by atoms with E-state index in [1.807, 2.05) is 64.1 Å². The van der Waals surface area contributed by atoms with Gasteiger partial charge in [-0.25, -0.2) is 4.79 Å². The highest BCUT2D eigenvalue weighted by molar-refractivity contribution is 6.02. The number of aromatic nitrogens is 1. The molecule has 2 aromatic carbocycles. The average molecular weight is 422 g/mol.